The first-order valence-electron chi connectivity index (χ1n) is 6.57. The van der Waals surface area contributed by atoms with Crippen molar-refractivity contribution in [2.24, 2.45) is 11.7 Å². The minimum atomic E-state index is -4.66. The Morgan fingerprint density at radius 2 is 1.84 bits per heavy atom. The van der Waals surface area contributed by atoms with Crippen LogP contribution in [0, 0.1) is 5.92 Å². The molecule has 106 valence electrons. The maximum Gasteiger partial charge on any atom is 0.573 e. The summed E-state index contributed by atoms with van der Waals surface area (Å²) in [4.78, 5) is 0. The maximum absolute atomic E-state index is 12.2. The standard InChI is InChI=1S/C14H18F3NO/c15-14(16,17)19-12-8-4-7-11(9-12)13(18)10-5-2-1-3-6-10/h4,7-10,13H,1-3,5-6,18H2/t13-/m1/s1. The second-order valence-electron chi connectivity index (χ2n) is 5.04. The molecule has 0 radical (unpaired) electrons. The van der Waals surface area contributed by atoms with Crippen LogP contribution in [0.5, 0.6) is 5.75 Å². The van der Waals surface area contributed by atoms with Gasteiger partial charge >= 0.3 is 6.36 Å². The Morgan fingerprint density at radius 3 is 2.47 bits per heavy atom. The van der Waals surface area contributed by atoms with Gasteiger partial charge in [-0.05, 0) is 36.5 Å². The van der Waals surface area contributed by atoms with Gasteiger partial charge in [0.25, 0.3) is 0 Å². The highest BCUT2D eigenvalue weighted by atomic mass is 19.4. The van der Waals surface area contributed by atoms with Crippen molar-refractivity contribution in [1.29, 1.82) is 0 Å². The zero-order chi connectivity index (χ0) is 13.9. The van der Waals surface area contributed by atoms with E-state index in [0.29, 0.717) is 11.5 Å². The quantitative estimate of drug-likeness (QED) is 0.897. The van der Waals surface area contributed by atoms with Crippen LogP contribution in [-0.4, -0.2) is 6.36 Å². The lowest BCUT2D eigenvalue weighted by molar-refractivity contribution is -0.274. The highest BCUT2D eigenvalue weighted by molar-refractivity contribution is 5.31. The van der Waals surface area contributed by atoms with Crippen molar-refractivity contribution in [2.45, 2.75) is 44.5 Å². The molecule has 0 bridgehead atoms. The fourth-order valence-electron chi connectivity index (χ4n) is 2.68. The Morgan fingerprint density at radius 1 is 1.16 bits per heavy atom. The van der Waals surface area contributed by atoms with Gasteiger partial charge in [-0.25, -0.2) is 0 Å². The summed E-state index contributed by atoms with van der Waals surface area (Å²) in [7, 11) is 0. The maximum atomic E-state index is 12.2. The van der Waals surface area contributed by atoms with E-state index in [9.17, 15) is 13.2 Å². The summed E-state index contributed by atoms with van der Waals surface area (Å²) in [5, 5.41) is 0. The Labute approximate surface area is 110 Å². The molecule has 5 heteroatoms. The lowest BCUT2D eigenvalue weighted by Crippen LogP contribution is -2.24. The summed E-state index contributed by atoms with van der Waals surface area (Å²) in [6.07, 6.45) is 0.958. The number of alkyl halides is 3. The minimum Gasteiger partial charge on any atom is -0.406 e. The summed E-state index contributed by atoms with van der Waals surface area (Å²) in [6, 6.07) is 5.80. The van der Waals surface area contributed by atoms with Crippen molar-refractivity contribution in [2.75, 3.05) is 0 Å². The predicted octanol–water partition coefficient (Wildman–Crippen LogP) is 4.17. The number of hydrogen-bond donors (Lipinski definition) is 1. The van der Waals surface area contributed by atoms with Gasteiger partial charge in [0, 0.05) is 6.04 Å². The van der Waals surface area contributed by atoms with E-state index in [1.165, 1.54) is 18.6 Å². The van der Waals surface area contributed by atoms with E-state index in [-0.39, 0.29) is 11.8 Å². The number of rotatable bonds is 3. The molecular formula is C14H18F3NO. The number of benzene rings is 1. The molecule has 0 spiro atoms. The molecule has 1 atom stereocenters. The predicted molar refractivity (Wildman–Crippen MR) is 66.6 cm³/mol. The first-order valence-corrected chi connectivity index (χ1v) is 6.57. The topological polar surface area (TPSA) is 35.2 Å². The van der Waals surface area contributed by atoms with E-state index < -0.39 is 6.36 Å². The molecule has 1 aromatic carbocycles. The van der Waals surface area contributed by atoms with Crippen LogP contribution in [0.2, 0.25) is 0 Å². The molecule has 2 rings (SSSR count). The molecule has 0 heterocycles. The van der Waals surface area contributed by atoms with Gasteiger partial charge in [0.05, 0.1) is 0 Å². The van der Waals surface area contributed by atoms with E-state index in [1.54, 1.807) is 12.1 Å². The summed E-state index contributed by atoms with van der Waals surface area (Å²) in [5.74, 6) is 0.158. The molecule has 19 heavy (non-hydrogen) atoms. The molecule has 1 fully saturated rings. The molecule has 2 N–H and O–H groups in total. The summed E-state index contributed by atoms with van der Waals surface area (Å²) >= 11 is 0. The number of hydrogen-bond acceptors (Lipinski definition) is 2. The van der Waals surface area contributed by atoms with Gasteiger partial charge in [0.1, 0.15) is 5.75 Å². The van der Waals surface area contributed by atoms with E-state index in [1.807, 2.05) is 0 Å². The highest BCUT2D eigenvalue weighted by Crippen LogP contribution is 2.34. The van der Waals surface area contributed by atoms with E-state index in [4.69, 9.17) is 5.73 Å². The lowest BCUT2D eigenvalue weighted by Gasteiger charge is -2.28. The van der Waals surface area contributed by atoms with Gasteiger partial charge in [0.2, 0.25) is 0 Å². The summed E-state index contributed by atoms with van der Waals surface area (Å²) in [5.41, 5.74) is 6.88. The molecule has 1 saturated carbocycles. The van der Waals surface area contributed by atoms with Crippen molar-refractivity contribution in [1.82, 2.24) is 0 Å². The second-order valence-corrected chi connectivity index (χ2v) is 5.04. The van der Waals surface area contributed by atoms with Crippen LogP contribution in [0.3, 0.4) is 0 Å². The highest BCUT2D eigenvalue weighted by Gasteiger charge is 2.31. The lowest BCUT2D eigenvalue weighted by atomic mass is 9.81. The first kappa shape index (κ1) is 14.2. The van der Waals surface area contributed by atoms with Gasteiger partial charge in [-0.3, -0.25) is 0 Å². The monoisotopic (exact) mass is 273 g/mol. The Hall–Kier alpha value is -1.23. The summed E-state index contributed by atoms with van der Waals surface area (Å²) < 4.78 is 40.5. The largest absolute Gasteiger partial charge is 0.573 e. The van der Waals surface area contributed by atoms with Crippen molar-refractivity contribution >= 4 is 0 Å². The first-order chi connectivity index (χ1) is 8.96. The molecule has 2 nitrogen and oxygen atoms in total. The van der Waals surface area contributed by atoms with E-state index in [0.717, 1.165) is 25.7 Å². The molecule has 0 aliphatic heterocycles. The SMILES string of the molecule is N[C@@H](c1cccc(OC(F)(F)F)c1)C1CCCCC1. The van der Waals surface area contributed by atoms with Crippen LogP contribution in [-0.2, 0) is 0 Å². The molecular weight excluding hydrogens is 255 g/mol. The summed E-state index contributed by atoms with van der Waals surface area (Å²) in [6.45, 7) is 0. The third kappa shape index (κ3) is 4.13. The molecule has 1 aliphatic carbocycles. The van der Waals surface area contributed by atoms with Gasteiger partial charge < -0.3 is 10.5 Å². The average Bonchev–Trinajstić information content (AvgIpc) is 2.37. The van der Waals surface area contributed by atoms with Gasteiger partial charge in [-0.15, -0.1) is 13.2 Å². The third-order valence-electron chi connectivity index (χ3n) is 3.63. The normalized spacial score (nSPS) is 19.2. The average molecular weight is 273 g/mol. The van der Waals surface area contributed by atoms with Crippen LogP contribution in [0.1, 0.15) is 43.7 Å². The van der Waals surface area contributed by atoms with Crippen molar-refractivity contribution in [3.63, 3.8) is 0 Å². The van der Waals surface area contributed by atoms with Gasteiger partial charge in [0.15, 0.2) is 0 Å². The Balaban J connectivity index is 2.09. The molecule has 1 aliphatic rings. The van der Waals surface area contributed by atoms with Crippen LogP contribution >= 0.6 is 0 Å². The van der Waals surface area contributed by atoms with Crippen LogP contribution in [0.4, 0.5) is 13.2 Å². The molecule has 0 unspecified atom stereocenters. The smallest absolute Gasteiger partial charge is 0.406 e. The molecule has 0 aromatic heterocycles. The third-order valence-corrected chi connectivity index (χ3v) is 3.63. The Kier molecular flexibility index (Phi) is 4.34. The van der Waals surface area contributed by atoms with Crippen molar-refractivity contribution in [3.05, 3.63) is 29.8 Å². The van der Waals surface area contributed by atoms with Gasteiger partial charge in [-0.1, -0.05) is 31.4 Å². The molecule has 0 amide bonds. The van der Waals surface area contributed by atoms with Crippen LogP contribution in [0.25, 0.3) is 0 Å². The van der Waals surface area contributed by atoms with E-state index >= 15 is 0 Å². The minimum absolute atomic E-state index is 0.198. The number of ether oxygens (including phenoxy) is 1. The number of nitrogens with two attached hydrogens (primary N) is 1. The van der Waals surface area contributed by atoms with Gasteiger partial charge in [-0.2, -0.15) is 0 Å². The fourth-order valence-corrected chi connectivity index (χ4v) is 2.68. The number of halogens is 3. The second kappa shape index (κ2) is 5.82. The zero-order valence-corrected chi connectivity index (χ0v) is 10.6. The fraction of sp³-hybridized carbons (Fsp3) is 0.571. The molecule has 0 saturated heterocycles. The Bertz CT molecular complexity index is 413. The molecule has 1 aromatic rings. The zero-order valence-electron chi connectivity index (χ0n) is 10.6. The van der Waals surface area contributed by atoms with Crippen LogP contribution in [0.15, 0.2) is 24.3 Å². The van der Waals surface area contributed by atoms with E-state index in [2.05, 4.69) is 4.74 Å². The van der Waals surface area contributed by atoms with Crippen molar-refractivity contribution < 1.29 is 17.9 Å². The van der Waals surface area contributed by atoms with Crippen molar-refractivity contribution in [3.8, 4) is 5.75 Å². The van der Waals surface area contributed by atoms with Crippen LogP contribution < -0.4 is 10.5 Å².